The van der Waals surface area contributed by atoms with Gasteiger partial charge in [0.1, 0.15) is 6.04 Å². The van der Waals surface area contributed by atoms with Gasteiger partial charge in [-0.05, 0) is 25.2 Å². The predicted molar refractivity (Wildman–Crippen MR) is 81.3 cm³/mol. The van der Waals surface area contributed by atoms with Crippen molar-refractivity contribution in [2.45, 2.75) is 57.2 Å². The molecule has 1 rings (SSSR count). The van der Waals surface area contributed by atoms with E-state index in [1.165, 1.54) is 12.2 Å². The van der Waals surface area contributed by atoms with Gasteiger partial charge in [-0.2, -0.15) is 0 Å². The molecule has 1 unspecified atom stereocenters. The van der Waals surface area contributed by atoms with E-state index in [0.717, 1.165) is 24.5 Å². The maximum Gasteiger partial charge on any atom is 0.326 e. The smallest absolute Gasteiger partial charge is 0.326 e. The molecule has 0 saturated carbocycles. The number of carboxylic acids is 1. The second-order valence-electron chi connectivity index (χ2n) is 5.20. The molecule has 0 radical (unpaired) electrons. The summed E-state index contributed by atoms with van der Waals surface area (Å²) < 4.78 is 0. The van der Waals surface area contributed by atoms with Crippen molar-refractivity contribution in [1.82, 2.24) is 5.32 Å². The van der Waals surface area contributed by atoms with E-state index in [-0.39, 0.29) is 11.8 Å². The topological polar surface area (TPSA) is 66.4 Å². The lowest BCUT2D eigenvalue weighted by Crippen LogP contribution is -2.44. The van der Waals surface area contributed by atoms with Gasteiger partial charge in [0.05, 0.1) is 0 Å². The minimum Gasteiger partial charge on any atom is -0.480 e. The molecule has 19 heavy (non-hydrogen) atoms. The van der Waals surface area contributed by atoms with E-state index in [0.29, 0.717) is 6.42 Å². The maximum absolute atomic E-state index is 11.7. The van der Waals surface area contributed by atoms with Gasteiger partial charge in [0.15, 0.2) is 0 Å². The molecule has 0 spiro atoms. The van der Waals surface area contributed by atoms with Crippen molar-refractivity contribution in [2.24, 2.45) is 5.92 Å². The van der Waals surface area contributed by atoms with Gasteiger partial charge in [0, 0.05) is 17.4 Å². The molecule has 1 fully saturated rings. The summed E-state index contributed by atoms with van der Waals surface area (Å²) in [7, 11) is 3.89. The summed E-state index contributed by atoms with van der Waals surface area (Å²) in [6, 6.07) is -0.769. The third-order valence-electron chi connectivity index (χ3n) is 3.16. The normalized spacial score (nSPS) is 20.5. The molecule has 0 aromatic rings. The van der Waals surface area contributed by atoms with Crippen molar-refractivity contribution in [1.29, 1.82) is 0 Å². The molecule has 110 valence electrons. The molecule has 1 amide bonds. The Balaban J connectivity index is 2.14. The highest BCUT2D eigenvalue weighted by Gasteiger charge is 2.23. The minimum absolute atomic E-state index is 0.0895. The summed E-state index contributed by atoms with van der Waals surface area (Å²) in [6.45, 7) is 3.60. The van der Waals surface area contributed by atoms with Crippen LogP contribution < -0.4 is 5.32 Å². The molecule has 4 nitrogen and oxygen atoms in total. The lowest BCUT2D eigenvalue weighted by atomic mass is 10.0. The van der Waals surface area contributed by atoms with E-state index in [2.05, 4.69) is 5.32 Å². The first-order valence-electron chi connectivity index (χ1n) is 6.81. The first kappa shape index (κ1) is 16.7. The minimum atomic E-state index is -0.956. The zero-order chi connectivity index (χ0) is 14.3. The van der Waals surface area contributed by atoms with Gasteiger partial charge in [0.25, 0.3) is 0 Å². The fraction of sp³-hybridized carbons (Fsp3) is 0.846. The van der Waals surface area contributed by atoms with Gasteiger partial charge in [-0.3, -0.25) is 4.79 Å². The molecule has 1 saturated heterocycles. The second-order valence-corrected chi connectivity index (χ2v) is 7.99. The second kappa shape index (κ2) is 8.74. The number of amides is 1. The Bertz CT molecular complexity index is 304. The Morgan fingerprint density at radius 3 is 2.63 bits per heavy atom. The molecule has 2 atom stereocenters. The van der Waals surface area contributed by atoms with Crippen LogP contribution in [0.25, 0.3) is 0 Å². The number of carbonyl (C=O) groups excluding carboxylic acids is 1. The van der Waals surface area contributed by atoms with E-state index in [9.17, 15) is 9.59 Å². The van der Waals surface area contributed by atoms with Crippen LogP contribution in [0.5, 0.6) is 0 Å². The monoisotopic (exact) mass is 305 g/mol. The van der Waals surface area contributed by atoms with Crippen molar-refractivity contribution >= 4 is 33.5 Å². The van der Waals surface area contributed by atoms with Gasteiger partial charge in [-0.1, -0.05) is 41.9 Å². The van der Waals surface area contributed by atoms with Crippen molar-refractivity contribution in [2.75, 3.05) is 5.75 Å². The molecule has 2 N–H and O–H groups in total. The summed E-state index contributed by atoms with van der Waals surface area (Å²) in [4.78, 5) is 22.6. The summed E-state index contributed by atoms with van der Waals surface area (Å²) in [5.74, 6) is 0.0514. The van der Waals surface area contributed by atoms with Crippen molar-refractivity contribution in [3.05, 3.63) is 0 Å². The lowest BCUT2D eigenvalue weighted by Gasteiger charge is -2.17. The molecule has 0 aromatic heterocycles. The molecular weight excluding hydrogens is 282 g/mol. The Morgan fingerprint density at radius 2 is 2.11 bits per heavy atom. The highest BCUT2D eigenvalue weighted by molar-refractivity contribution is 8.77. The number of hydrogen-bond donors (Lipinski definition) is 2. The van der Waals surface area contributed by atoms with E-state index in [1.54, 1.807) is 13.8 Å². The van der Waals surface area contributed by atoms with Gasteiger partial charge in [0.2, 0.25) is 5.91 Å². The van der Waals surface area contributed by atoms with Crippen LogP contribution in [0.15, 0.2) is 0 Å². The summed E-state index contributed by atoms with van der Waals surface area (Å²) >= 11 is 0. The van der Waals surface area contributed by atoms with E-state index < -0.39 is 12.0 Å². The van der Waals surface area contributed by atoms with Crippen LogP contribution in [-0.2, 0) is 9.59 Å². The quantitative estimate of drug-likeness (QED) is 0.533. The highest BCUT2D eigenvalue weighted by atomic mass is 33.1. The van der Waals surface area contributed by atoms with Crippen molar-refractivity contribution < 1.29 is 14.7 Å². The molecule has 6 heteroatoms. The molecule has 0 bridgehead atoms. The van der Waals surface area contributed by atoms with Crippen LogP contribution in [0.4, 0.5) is 0 Å². The molecular formula is C13H23NO3S2. The standard InChI is InChI=1S/C13H23NO3S2/c1-9(2)12(13(16)17)14-11(15)6-4-3-5-10-7-8-18-19-10/h9-10,12H,3-8H2,1-2H3,(H,14,15)(H,16,17)/t10?,12-/m0/s1. The summed E-state index contributed by atoms with van der Waals surface area (Å²) in [5, 5.41) is 12.3. The zero-order valence-electron chi connectivity index (χ0n) is 11.6. The van der Waals surface area contributed by atoms with Gasteiger partial charge in [-0.15, -0.1) is 0 Å². The largest absolute Gasteiger partial charge is 0.480 e. The number of carbonyl (C=O) groups is 2. The summed E-state index contributed by atoms with van der Waals surface area (Å²) in [5.41, 5.74) is 0. The Kier molecular flexibility index (Phi) is 7.68. The molecule has 0 aliphatic carbocycles. The fourth-order valence-electron chi connectivity index (χ4n) is 1.98. The molecule has 0 aromatic carbocycles. The zero-order valence-corrected chi connectivity index (χ0v) is 13.2. The number of aliphatic carboxylic acids is 1. The first-order valence-corrected chi connectivity index (χ1v) is 9.19. The number of nitrogens with one attached hydrogen (secondary N) is 1. The molecule has 1 heterocycles. The first-order chi connectivity index (χ1) is 9.00. The van der Waals surface area contributed by atoms with E-state index in [1.807, 2.05) is 21.6 Å². The SMILES string of the molecule is CC(C)[C@H](NC(=O)CCCCC1CCSS1)C(=O)O. The molecule has 1 aliphatic heterocycles. The number of hydrogen-bond acceptors (Lipinski definition) is 4. The van der Waals surface area contributed by atoms with Gasteiger partial charge >= 0.3 is 5.97 Å². The van der Waals surface area contributed by atoms with E-state index in [4.69, 9.17) is 5.11 Å². The average Bonchev–Trinajstić information content (AvgIpc) is 2.84. The van der Waals surface area contributed by atoms with Crippen LogP contribution >= 0.6 is 21.6 Å². The summed E-state index contributed by atoms with van der Waals surface area (Å²) in [6.07, 6.45) is 4.76. The average molecular weight is 305 g/mol. The number of rotatable bonds is 8. The van der Waals surface area contributed by atoms with E-state index >= 15 is 0 Å². The maximum atomic E-state index is 11.7. The predicted octanol–water partition coefficient (Wildman–Crippen LogP) is 2.93. The third kappa shape index (κ3) is 6.56. The Hall–Kier alpha value is -0.360. The number of carboxylic acid groups (broad SMARTS) is 1. The Morgan fingerprint density at radius 1 is 1.37 bits per heavy atom. The highest BCUT2D eigenvalue weighted by Crippen LogP contribution is 2.39. The van der Waals surface area contributed by atoms with Crippen molar-refractivity contribution in [3.63, 3.8) is 0 Å². The van der Waals surface area contributed by atoms with Gasteiger partial charge in [-0.25, -0.2) is 4.79 Å². The lowest BCUT2D eigenvalue weighted by molar-refractivity contribution is -0.143. The van der Waals surface area contributed by atoms with Crippen molar-refractivity contribution in [3.8, 4) is 0 Å². The number of unbranched alkanes of at least 4 members (excludes halogenated alkanes) is 1. The van der Waals surface area contributed by atoms with Crippen LogP contribution in [0, 0.1) is 5.92 Å². The van der Waals surface area contributed by atoms with Gasteiger partial charge < -0.3 is 10.4 Å². The third-order valence-corrected chi connectivity index (χ3v) is 6.16. The van der Waals surface area contributed by atoms with Crippen LogP contribution in [-0.4, -0.2) is 34.0 Å². The van der Waals surface area contributed by atoms with Crippen LogP contribution in [0.3, 0.4) is 0 Å². The Labute approximate surface area is 122 Å². The van der Waals surface area contributed by atoms with Crippen LogP contribution in [0.1, 0.15) is 46.0 Å². The fourth-order valence-corrected chi connectivity index (χ4v) is 5.01. The molecule has 1 aliphatic rings. The van der Waals surface area contributed by atoms with Crippen LogP contribution in [0.2, 0.25) is 0 Å².